The molecule has 2 aromatic rings. The Bertz CT molecular complexity index is 1340. The van der Waals surface area contributed by atoms with Crippen molar-refractivity contribution >= 4 is 27.7 Å². The Morgan fingerprint density at radius 1 is 0.791 bits per heavy atom. The number of urea groups is 1. The largest absolute Gasteiger partial charge is 0.491 e. The van der Waals surface area contributed by atoms with Crippen molar-refractivity contribution in [2.75, 3.05) is 51.6 Å². The Morgan fingerprint density at radius 3 is 1.93 bits per heavy atom. The predicted molar refractivity (Wildman–Crippen MR) is 160 cm³/mol. The lowest BCUT2D eigenvalue weighted by Gasteiger charge is -2.19. The van der Waals surface area contributed by atoms with E-state index >= 15 is 0 Å². The summed E-state index contributed by atoms with van der Waals surface area (Å²) in [6.45, 7) is 7.15. The lowest BCUT2D eigenvalue weighted by molar-refractivity contribution is -0.160. The SMILES string of the molecule is CC(C)(C)OC(=O)COCCOCCOCCOc1ccc(S(=O)(=O)NC(=O)Nc2c3c(cc4c2CCC4)CCC3)cc1. The van der Waals surface area contributed by atoms with E-state index in [1.165, 1.54) is 35.4 Å². The minimum Gasteiger partial charge on any atom is -0.491 e. The van der Waals surface area contributed by atoms with Gasteiger partial charge in [-0.1, -0.05) is 6.07 Å². The second kappa shape index (κ2) is 15.0. The van der Waals surface area contributed by atoms with Crippen molar-refractivity contribution in [1.82, 2.24) is 4.72 Å². The van der Waals surface area contributed by atoms with Gasteiger partial charge in [0.2, 0.25) is 0 Å². The summed E-state index contributed by atoms with van der Waals surface area (Å²) in [4.78, 5) is 24.3. The monoisotopic (exact) mass is 618 g/mol. The fraction of sp³-hybridized carbons (Fsp3) is 0.548. The zero-order valence-electron chi connectivity index (χ0n) is 25.2. The molecular weight excluding hydrogens is 576 g/mol. The van der Waals surface area contributed by atoms with Crippen LogP contribution in [0.5, 0.6) is 5.75 Å². The average molecular weight is 619 g/mol. The quantitative estimate of drug-likeness (QED) is 0.224. The van der Waals surface area contributed by atoms with E-state index < -0.39 is 27.6 Å². The zero-order chi connectivity index (χ0) is 30.9. The van der Waals surface area contributed by atoms with Crippen molar-refractivity contribution in [2.45, 2.75) is 69.8 Å². The topological polar surface area (TPSA) is 138 Å². The van der Waals surface area contributed by atoms with Crippen molar-refractivity contribution < 1.29 is 41.7 Å². The standard InChI is InChI=1S/C31H42N2O9S/c1-31(2,3)42-28(34)21-40-17-16-38-14-15-39-18-19-41-24-10-12-25(13-11-24)43(36,37)33-30(35)32-29-26-8-4-6-22(26)20-23-7-5-9-27(23)29/h10-13,20H,4-9,14-19,21H2,1-3H3,(H2,32,33,35). The fourth-order valence-electron chi connectivity index (χ4n) is 5.19. The number of benzene rings is 2. The van der Waals surface area contributed by atoms with Gasteiger partial charge in [0, 0.05) is 5.69 Å². The zero-order valence-corrected chi connectivity index (χ0v) is 26.0. The highest BCUT2D eigenvalue weighted by molar-refractivity contribution is 7.90. The number of anilines is 1. The maximum absolute atomic E-state index is 12.9. The van der Waals surface area contributed by atoms with Crippen LogP contribution in [-0.2, 0) is 59.4 Å². The number of esters is 1. The normalized spacial score (nSPS) is 14.2. The maximum Gasteiger partial charge on any atom is 0.333 e. The fourth-order valence-corrected chi connectivity index (χ4v) is 6.09. The van der Waals surface area contributed by atoms with E-state index in [9.17, 15) is 18.0 Å². The van der Waals surface area contributed by atoms with Crippen LogP contribution in [0.25, 0.3) is 0 Å². The number of rotatable bonds is 15. The molecule has 0 atom stereocenters. The Balaban J connectivity index is 1.11. The molecule has 0 heterocycles. The number of hydrogen-bond acceptors (Lipinski definition) is 9. The van der Waals surface area contributed by atoms with Gasteiger partial charge in [-0.2, -0.15) is 0 Å². The minimum atomic E-state index is -4.07. The molecule has 4 rings (SSSR count). The minimum absolute atomic E-state index is 0.0398. The molecule has 0 aromatic heterocycles. The highest BCUT2D eigenvalue weighted by Crippen LogP contribution is 2.38. The van der Waals surface area contributed by atoms with Crippen LogP contribution in [0, 0.1) is 0 Å². The smallest absolute Gasteiger partial charge is 0.333 e. The number of hydrogen-bond donors (Lipinski definition) is 2. The molecule has 2 amide bonds. The van der Waals surface area contributed by atoms with Gasteiger partial charge in [-0.25, -0.2) is 22.7 Å². The van der Waals surface area contributed by atoms with Crippen molar-refractivity contribution in [3.05, 3.63) is 52.6 Å². The first-order chi connectivity index (χ1) is 20.5. The summed E-state index contributed by atoms with van der Waals surface area (Å²) in [5.74, 6) is 0.0561. The Kier molecular flexibility index (Phi) is 11.4. The van der Waals surface area contributed by atoms with Crippen LogP contribution in [-0.4, -0.2) is 72.3 Å². The summed E-state index contributed by atoms with van der Waals surface area (Å²) in [7, 11) is -4.07. The van der Waals surface area contributed by atoms with Crippen molar-refractivity contribution in [3.63, 3.8) is 0 Å². The Labute approximate surface area is 253 Å². The molecular formula is C31H42N2O9S. The van der Waals surface area contributed by atoms with Gasteiger partial charge in [0.1, 0.15) is 24.6 Å². The van der Waals surface area contributed by atoms with E-state index in [0.717, 1.165) is 55.3 Å². The van der Waals surface area contributed by atoms with E-state index in [1.54, 1.807) is 20.8 Å². The lowest BCUT2D eigenvalue weighted by Crippen LogP contribution is -2.35. The number of carbonyl (C=O) groups is 2. The summed E-state index contributed by atoms with van der Waals surface area (Å²) < 4.78 is 54.7. The molecule has 2 aliphatic carbocycles. The molecule has 0 aliphatic heterocycles. The summed E-state index contributed by atoms with van der Waals surface area (Å²) >= 11 is 0. The van der Waals surface area contributed by atoms with E-state index in [1.807, 2.05) is 0 Å². The first kappa shape index (κ1) is 32.7. The molecule has 0 bridgehead atoms. The van der Waals surface area contributed by atoms with E-state index in [2.05, 4.69) is 16.1 Å². The lowest BCUT2D eigenvalue weighted by atomic mass is 9.99. The highest BCUT2D eigenvalue weighted by atomic mass is 32.2. The van der Waals surface area contributed by atoms with Crippen LogP contribution in [0.15, 0.2) is 35.2 Å². The molecule has 0 unspecified atom stereocenters. The van der Waals surface area contributed by atoms with Crippen molar-refractivity contribution in [3.8, 4) is 5.75 Å². The molecule has 2 aromatic carbocycles. The van der Waals surface area contributed by atoms with Gasteiger partial charge >= 0.3 is 12.0 Å². The molecule has 0 fully saturated rings. The maximum atomic E-state index is 12.9. The van der Waals surface area contributed by atoms with Crippen LogP contribution >= 0.6 is 0 Å². The van der Waals surface area contributed by atoms with Gasteiger partial charge in [0.05, 0.1) is 37.9 Å². The summed E-state index contributed by atoms with van der Waals surface area (Å²) in [5.41, 5.74) is 5.03. The number of fused-ring (bicyclic) bond motifs is 2. The number of sulfonamides is 1. The van der Waals surface area contributed by atoms with Gasteiger partial charge in [-0.05, 0) is 106 Å². The number of nitrogens with one attached hydrogen (secondary N) is 2. The third-order valence-electron chi connectivity index (χ3n) is 6.95. The van der Waals surface area contributed by atoms with E-state index in [0.29, 0.717) is 32.2 Å². The molecule has 0 radical (unpaired) electrons. The summed E-state index contributed by atoms with van der Waals surface area (Å²) in [5, 5.41) is 2.85. The first-order valence-electron chi connectivity index (χ1n) is 14.7. The van der Waals surface area contributed by atoms with Gasteiger partial charge in [-0.3, -0.25) is 0 Å². The van der Waals surface area contributed by atoms with Crippen LogP contribution < -0.4 is 14.8 Å². The van der Waals surface area contributed by atoms with E-state index in [4.69, 9.17) is 23.7 Å². The number of aryl methyl sites for hydroxylation is 2. The van der Waals surface area contributed by atoms with Gasteiger partial charge in [0.25, 0.3) is 10.0 Å². The summed E-state index contributed by atoms with van der Waals surface area (Å²) in [6, 6.07) is 7.34. The van der Waals surface area contributed by atoms with E-state index in [-0.39, 0.29) is 24.7 Å². The molecule has 43 heavy (non-hydrogen) atoms. The molecule has 0 saturated heterocycles. The van der Waals surface area contributed by atoms with Gasteiger partial charge in [0.15, 0.2) is 0 Å². The Hall–Kier alpha value is -3.19. The average Bonchev–Trinajstić information content (AvgIpc) is 3.60. The third-order valence-corrected chi connectivity index (χ3v) is 8.30. The van der Waals surface area contributed by atoms with Crippen LogP contribution in [0.3, 0.4) is 0 Å². The first-order valence-corrected chi connectivity index (χ1v) is 16.2. The molecule has 236 valence electrons. The highest BCUT2D eigenvalue weighted by Gasteiger charge is 2.26. The third kappa shape index (κ3) is 9.92. The van der Waals surface area contributed by atoms with Crippen molar-refractivity contribution in [2.24, 2.45) is 0 Å². The number of amides is 2. The molecule has 2 N–H and O–H groups in total. The predicted octanol–water partition coefficient (Wildman–Crippen LogP) is 3.94. The molecule has 2 aliphatic rings. The molecule has 12 heteroatoms. The van der Waals surface area contributed by atoms with Gasteiger partial charge < -0.3 is 29.0 Å². The number of ether oxygens (including phenoxy) is 5. The van der Waals surface area contributed by atoms with Crippen LogP contribution in [0.4, 0.5) is 10.5 Å². The molecule has 11 nitrogen and oxygen atoms in total. The molecule has 0 saturated carbocycles. The van der Waals surface area contributed by atoms with Crippen LogP contribution in [0.2, 0.25) is 0 Å². The van der Waals surface area contributed by atoms with Crippen molar-refractivity contribution in [1.29, 1.82) is 0 Å². The second-order valence-corrected chi connectivity index (χ2v) is 13.2. The second-order valence-electron chi connectivity index (χ2n) is 11.5. The Morgan fingerprint density at radius 2 is 1.35 bits per heavy atom. The number of carbonyl (C=O) groups excluding carboxylic acids is 2. The summed E-state index contributed by atoms with van der Waals surface area (Å²) in [6.07, 6.45) is 5.83. The van der Waals surface area contributed by atoms with Crippen LogP contribution in [0.1, 0.15) is 55.9 Å². The molecule has 0 spiro atoms. The van der Waals surface area contributed by atoms with Gasteiger partial charge in [-0.15, -0.1) is 0 Å².